The van der Waals surface area contributed by atoms with Crippen LogP contribution in [0.4, 0.5) is 44.7 Å². The van der Waals surface area contributed by atoms with Crippen molar-refractivity contribution in [3.63, 3.8) is 0 Å². The molecule has 4 aromatic carbocycles. The molecule has 0 saturated carbocycles. The molecule has 0 bridgehead atoms. The summed E-state index contributed by atoms with van der Waals surface area (Å²) in [6, 6.07) is 16.6. The normalized spacial score (nSPS) is 12.1. The van der Waals surface area contributed by atoms with Crippen LogP contribution in [-0.2, 0) is 20.2 Å². The van der Waals surface area contributed by atoms with Crippen molar-refractivity contribution in [2.45, 2.75) is 9.79 Å². The summed E-state index contributed by atoms with van der Waals surface area (Å²) < 4.78 is 81.2. The van der Waals surface area contributed by atoms with Crippen LogP contribution in [0.1, 0.15) is 0 Å². The topological polar surface area (TPSA) is 242 Å². The molecule has 0 fully saturated rings. The van der Waals surface area contributed by atoms with Gasteiger partial charge in [0, 0.05) is 28.2 Å². The van der Waals surface area contributed by atoms with Crippen LogP contribution in [-0.4, -0.2) is 46.0 Å². The number of rotatable bonds is 8. The first kappa shape index (κ1) is 29.2. The second-order valence-corrected chi connectivity index (χ2v) is 11.6. The predicted molar refractivity (Wildman–Crippen MR) is 153 cm³/mol. The molecule has 220 valence electrons. The second kappa shape index (κ2) is 11.2. The van der Waals surface area contributed by atoms with Crippen LogP contribution in [0.3, 0.4) is 0 Å². The second-order valence-electron chi connectivity index (χ2n) is 8.74. The third kappa shape index (κ3) is 6.62. The van der Waals surface area contributed by atoms with E-state index in [4.69, 9.17) is 5.73 Å². The zero-order chi connectivity index (χ0) is 30.9. The number of nitrogen functional groups attached to an aromatic ring is 1. The van der Waals surface area contributed by atoms with Crippen LogP contribution in [0, 0.1) is 6.08 Å². The number of benzene rings is 4. The van der Waals surface area contributed by atoms with Crippen LogP contribution in [0.2, 0.25) is 0 Å². The minimum Gasteiger partial charge on any atom is -0.507 e. The summed E-state index contributed by atoms with van der Waals surface area (Å²) in [5.41, 5.74) is 6.00. The maximum Gasteiger partial charge on any atom is 0.315 e. The van der Waals surface area contributed by atoms with E-state index in [-0.39, 0.29) is 45.4 Å². The van der Waals surface area contributed by atoms with Crippen molar-refractivity contribution in [2.24, 2.45) is 10.2 Å². The summed E-state index contributed by atoms with van der Waals surface area (Å²) in [7, 11) is -9.64. The van der Waals surface area contributed by atoms with Crippen molar-refractivity contribution in [1.29, 1.82) is 0 Å². The monoisotopic (exact) mass is 626 g/mol. The highest BCUT2D eigenvalue weighted by Crippen LogP contribution is 2.40. The number of aromatic nitrogens is 3. The van der Waals surface area contributed by atoms with Gasteiger partial charge in [-0.15, -0.1) is 10.2 Å². The largest absolute Gasteiger partial charge is 0.507 e. The molecule has 5 aromatic rings. The Kier molecular flexibility index (Phi) is 7.59. The van der Waals surface area contributed by atoms with Crippen molar-refractivity contribution < 1.29 is 35.4 Å². The Morgan fingerprint density at radius 3 is 2.07 bits per heavy atom. The van der Waals surface area contributed by atoms with Gasteiger partial charge in [-0.2, -0.15) is 36.2 Å². The highest BCUT2D eigenvalue weighted by molar-refractivity contribution is 7.86. The molecular formula is C25H19FN8O7S2. The first-order valence-electron chi connectivity index (χ1n) is 11.8. The van der Waals surface area contributed by atoms with Crippen molar-refractivity contribution >= 4 is 71.3 Å². The molecule has 18 heteroatoms. The summed E-state index contributed by atoms with van der Waals surface area (Å²) in [5, 5.41) is 23.6. The van der Waals surface area contributed by atoms with E-state index in [0.717, 1.165) is 24.3 Å². The zero-order valence-electron chi connectivity index (χ0n) is 21.4. The van der Waals surface area contributed by atoms with Gasteiger partial charge in [-0.1, -0.05) is 18.2 Å². The van der Waals surface area contributed by atoms with E-state index in [2.05, 4.69) is 35.8 Å². The van der Waals surface area contributed by atoms with E-state index in [1.807, 2.05) is 0 Å². The number of fused-ring (bicyclic) bond motifs is 1. The molecule has 1 aromatic heterocycles. The first-order chi connectivity index (χ1) is 20.3. The smallest absolute Gasteiger partial charge is 0.315 e. The third-order valence-electron chi connectivity index (χ3n) is 5.78. The average Bonchev–Trinajstić information content (AvgIpc) is 2.92. The van der Waals surface area contributed by atoms with Crippen LogP contribution in [0.5, 0.6) is 5.75 Å². The summed E-state index contributed by atoms with van der Waals surface area (Å²) in [6.45, 7) is 0. The lowest BCUT2D eigenvalue weighted by Gasteiger charge is -2.10. The number of halogens is 1. The zero-order valence-corrected chi connectivity index (χ0v) is 23.0. The summed E-state index contributed by atoms with van der Waals surface area (Å²) in [5.74, 6) is -0.940. The van der Waals surface area contributed by atoms with Crippen molar-refractivity contribution in [3.05, 3.63) is 78.9 Å². The van der Waals surface area contributed by atoms with Crippen LogP contribution < -0.4 is 16.4 Å². The Morgan fingerprint density at radius 2 is 1.42 bits per heavy atom. The Labute approximate surface area is 242 Å². The number of hydrogen-bond acceptors (Lipinski definition) is 13. The number of anilines is 5. The number of phenols is 1. The van der Waals surface area contributed by atoms with Gasteiger partial charge in [-0.3, -0.25) is 9.11 Å². The molecule has 0 spiro atoms. The van der Waals surface area contributed by atoms with Crippen LogP contribution >= 0.6 is 0 Å². The number of nitrogens with two attached hydrogens (primary N) is 1. The molecule has 15 nitrogen and oxygen atoms in total. The van der Waals surface area contributed by atoms with E-state index >= 15 is 0 Å². The minimum atomic E-state index is -4.91. The number of nitrogens with one attached hydrogen (secondary N) is 2. The Morgan fingerprint density at radius 1 is 0.744 bits per heavy atom. The summed E-state index contributed by atoms with van der Waals surface area (Å²) in [6.07, 6.45) is -1.13. The molecule has 0 radical (unpaired) electrons. The number of azo groups is 1. The fourth-order valence-electron chi connectivity index (χ4n) is 3.88. The molecule has 1 heterocycles. The van der Waals surface area contributed by atoms with Gasteiger partial charge in [0.2, 0.25) is 11.9 Å². The fourth-order valence-corrected chi connectivity index (χ4v) is 5.05. The van der Waals surface area contributed by atoms with E-state index < -0.39 is 41.9 Å². The van der Waals surface area contributed by atoms with Gasteiger partial charge in [0.15, 0.2) is 0 Å². The molecule has 0 aliphatic heterocycles. The molecule has 43 heavy (non-hydrogen) atoms. The van der Waals surface area contributed by atoms with E-state index in [9.17, 15) is 35.4 Å². The fraction of sp³-hybridized carbons (Fsp3) is 0. The quantitative estimate of drug-likeness (QED) is 0.0767. The van der Waals surface area contributed by atoms with Crippen LogP contribution in [0.25, 0.3) is 10.8 Å². The molecule has 0 unspecified atom stereocenters. The highest BCUT2D eigenvalue weighted by Gasteiger charge is 2.19. The molecule has 0 aliphatic rings. The van der Waals surface area contributed by atoms with E-state index in [1.54, 1.807) is 30.3 Å². The first-order valence-corrected chi connectivity index (χ1v) is 14.7. The molecule has 0 aliphatic carbocycles. The Bertz CT molecular complexity index is 2130. The Hall–Kier alpha value is -5.30. The maximum atomic E-state index is 14.1. The molecule has 0 atom stereocenters. The molecule has 0 saturated heterocycles. The number of para-hydroxylation sites is 1. The van der Waals surface area contributed by atoms with E-state index in [0.29, 0.717) is 5.69 Å². The third-order valence-corrected chi connectivity index (χ3v) is 7.49. The lowest BCUT2D eigenvalue weighted by Crippen LogP contribution is -2.06. The van der Waals surface area contributed by atoms with Gasteiger partial charge >= 0.3 is 6.08 Å². The average molecular weight is 627 g/mol. The lowest BCUT2D eigenvalue weighted by molar-refractivity contribution is 0.471. The van der Waals surface area contributed by atoms with Crippen molar-refractivity contribution in [3.8, 4) is 5.75 Å². The molecule has 0 amide bonds. The van der Waals surface area contributed by atoms with Gasteiger partial charge in [0.25, 0.3) is 20.2 Å². The highest BCUT2D eigenvalue weighted by atomic mass is 32.2. The minimum absolute atomic E-state index is 0.00947. The lowest BCUT2D eigenvalue weighted by atomic mass is 10.1. The molecule has 5 rings (SSSR count). The number of nitrogens with zero attached hydrogens (tertiary/aromatic N) is 5. The predicted octanol–water partition coefficient (Wildman–Crippen LogP) is 4.85. The number of hydrogen-bond donors (Lipinski definition) is 6. The van der Waals surface area contributed by atoms with Gasteiger partial charge in [-0.25, -0.2) is 0 Å². The summed E-state index contributed by atoms with van der Waals surface area (Å²) in [4.78, 5) is 9.79. The van der Waals surface area contributed by atoms with Crippen LogP contribution in [0.15, 0.2) is 92.8 Å². The van der Waals surface area contributed by atoms with E-state index in [1.165, 1.54) is 18.2 Å². The van der Waals surface area contributed by atoms with Crippen molar-refractivity contribution in [2.75, 3.05) is 16.4 Å². The van der Waals surface area contributed by atoms with Gasteiger partial charge in [-0.05, 0) is 48.5 Å². The summed E-state index contributed by atoms with van der Waals surface area (Å²) >= 11 is 0. The van der Waals surface area contributed by atoms with Gasteiger partial charge < -0.3 is 21.5 Å². The number of phenolic OH excluding ortho intramolecular Hbond substituents is 1. The maximum absolute atomic E-state index is 14.1. The van der Waals surface area contributed by atoms with Crippen molar-refractivity contribution in [1.82, 2.24) is 15.0 Å². The van der Waals surface area contributed by atoms with Gasteiger partial charge in [0.05, 0.1) is 10.6 Å². The Balaban J connectivity index is 1.51. The van der Waals surface area contributed by atoms with Gasteiger partial charge in [0.1, 0.15) is 22.0 Å². The SMILES string of the molecule is Nc1ccc2c(O)cc(S(=O)(=O)O)cc2c1N=Nc1ccc(Nc2nc(F)nc(Nc3ccccc3)n2)cc1S(=O)(=O)O. The molecule has 7 N–H and O–H groups in total. The molecular weight excluding hydrogens is 607 g/mol. The number of aromatic hydroxyl groups is 1. The standard InChI is InChI=1S/C25H19FN8O7S2/c26-23-30-24(28-13-4-2-1-3-5-13)32-25(31-23)29-14-6-9-19(21(10-14)43(39,40)41)33-34-22-17-11-15(42(36,37)38)12-20(35)16(17)7-8-18(22)27/h1-12,35H,27H2,(H,36,37,38)(H,39,40,41)(H2,28,29,30,31,32).